The molecule has 0 radical (unpaired) electrons. The lowest BCUT2D eigenvalue weighted by molar-refractivity contribution is -0.131. The molecule has 1 saturated carbocycles. The molecule has 92 valence electrons. The van der Waals surface area contributed by atoms with Crippen molar-refractivity contribution in [2.45, 2.75) is 12.8 Å². The number of carboxylic acid groups (broad SMARTS) is 1. The Morgan fingerprint density at radius 3 is 2.89 bits per heavy atom. The Morgan fingerprint density at radius 1 is 1.44 bits per heavy atom. The SMILES string of the molecule is O=C(O)/C=C(/c1c[nH]c2cc(Cl)ccc12)C1CC1. The van der Waals surface area contributed by atoms with Crippen LogP contribution in [-0.2, 0) is 4.79 Å². The van der Waals surface area contributed by atoms with Crippen molar-refractivity contribution in [3.63, 3.8) is 0 Å². The van der Waals surface area contributed by atoms with E-state index in [1.54, 1.807) is 0 Å². The number of hydrogen-bond donors (Lipinski definition) is 2. The molecule has 1 aliphatic rings. The van der Waals surface area contributed by atoms with Crippen LogP contribution in [0.15, 0.2) is 30.5 Å². The average molecular weight is 262 g/mol. The van der Waals surface area contributed by atoms with E-state index < -0.39 is 5.97 Å². The first kappa shape index (κ1) is 11.4. The zero-order valence-corrected chi connectivity index (χ0v) is 10.4. The normalized spacial score (nSPS) is 16.2. The summed E-state index contributed by atoms with van der Waals surface area (Å²) in [6.45, 7) is 0. The fourth-order valence-electron chi connectivity index (χ4n) is 2.28. The molecular formula is C14H12ClNO2. The second-order valence-corrected chi connectivity index (χ2v) is 5.04. The number of carbonyl (C=O) groups is 1. The van der Waals surface area contributed by atoms with Gasteiger partial charge in [0.05, 0.1) is 0 Å². The highest BCUT2D eigenvalue weighted by Gasteiger charge is 2.28. The predicted molar refractivity (Wildman–Crippen MR) is 71.6 cm³/mol. The van der Waals surface area contributed by atoms with Gasteiger partial charge in [-0.1, -0.05) is 17.7 Å². The monoisotopic (exact) mass is 261 g/mol. The van der Waals surface area contributed by atoms with Gasteiger partial charge in [0.15, 0.2) is 0 Å². The number of halogens is 1. The third-order valence-electron chi connectivity index (χ3n) is 3.25. The number of allylic oxidation sites excluding steroid dienone is 1. The maximum atomic E-state index is 10.9. The molecule has 0 saturated heterocycles. The zero-order valence-electron chi connectivity index (χ0n) is 9.61. The first-order chi connectivity index (χ1) is 8.65. The number of carboxylic acids is 1. The standard InChI is InChI=1S/C14H12ClNO2/c15-9-3-4-10-12(7-16-13(10)5-9)11(6-14(17)18)8-1-2-8/h3-8,16H,1-2H2,(H,17,18)/b11-6+. The van der Waals surface area contributed by atoms with Crippen LogP contribution in [0.1, 0.15) is 18.4 Å². The Balaban J connectivity index is 2.15. The second-order valence-electron chi connectivity index (χ2n) is 4.60. The fourth-order valence-corrected chi connectivity index (χ4v) is 2.45. The number of H-pyrrole nitrogens is 1. The van der Waals surface area contributed by atoms with Gasteiger partial charge < -0.3 is 10.1 Å². The van der Waals surface area contributed by atoms with Crippen LogP contribution >= 0.6 is 11.6 Å². The molecule has 3 nitrogen and oxygen atoms in total. The van der Waals surface area contributed by atoms with Crippen LogP contribution in [0.2, 0.25) is 5.02 Å². The van der Waals surface area contributed by atoms with Crippen molar-refractivity contribution in [3.05, 3.63) is 41.1 Å². The zero-order chi connectivity index (χ0) is 12.7. The van der Waals surface area contributed by atoms with Gasteiger partial charge in [0.25, 0.3) is 0 Å². The Hall–Kier alpha value is -1.74. The number of aliphatic carboxylic acids is 1. The van der Waals surface area contributed by atoms with Crippen LogP contribution in [0.5, 0.6) is 0 Å². The summed E-state index contributed by atoms with van der Waals surface area (Å²) in [6, 6.07) is 5.61. The maximum Gasteiger partial charge on any atom is 0.328 e. The number of nitrogens with one attached hydrogen (secondary N) is 1. The van der Waals surface area contributed by atoms with Crippen molar-refractivity contribution in [1.29, 1.82) is 0 Å². The van der Waals surface area contributed by atoms with Gasteiger partial charge in [0.2, 0.25) is 0 Å². The van der Waals surface area contributed by atoms with Crippen molar-refractivity contribution < 1.29 is 9.90 Å². The molecular weight excluding hydrogens is 250 g/mol. The van der Waals surface area contributed by atoms with E-state index in [2.05, 4.69) is 4.98 Å². The van der Waals surface area contributed by atoms with Gasteiger partial charge in [-0.3, -0.25) is 0 Å². The lowest BCUT2D eigenvalue weighted by Crippen LogP contribution is -1.93. The van der Waals surface area contributed by atoms with Gasteiger partial charge in [-0.25, -0.2) is 4.79 Å². The van der Waals surface area contributed by atoms with Gasteiger partial charge in [0.1, 0.15) is 0 Å². The van der Waals surface area contributed by atoms with Crippen molar-refractivity contribution >= 4 is 34.0 Å². The van der Waals surface area contributed by atoms with E-state index in [0.717, 1.165) is 34.9 Å². The molecule has 1 heterocycles. The smallest absolute Gasteiger partial charge is 0.328 e. The Labute approximate surface area is 109 Å². The van der Waals surface area contributed by atoms with E-state index in [0.29, 0.717) is 10.9 Å². The molecule has 4 heteroatoms. The minimum absolute atomic E-state index is 0.385. The number of benzene rings is 1. The van der Waals surface area contributed by atoms with Crippen molar-refractivity contribution in [2.24, 2.45) is 5.92 Å². The van der Waals surface area contributed by atoms with Gasteiger partial charge >= 0.3 is 5.97 Å². The van der Waals surface area contributed by atoms with Crippen LogP contribution in [0.25, 0.3) is 16.5 Å². The van der Waals surface area contributed by atoms with Crippen molar-refractivity contribution in [2.75, 3.05) is 0 Å². The maximum absolute atomic E-state index is 10.9. The third-order valence-corrected chi connectivity index (χ3v) is 3.49. The molecule has 1 fully saturated rings. The van der Waals surface area contributed by atoms with Gasteiger partial charge in [-0.05, 0) is 36.5 Å². The average Bonchev–Trinajstić information content (AvgIpc) is 3.07. The number of rotatable bonds is 3. The molecule has 1 aromatic heterocycles. The summed E-state index contributed by atoms with van der Waals surface area (Å²) in [4.78, 5) is 14.1. The number of fused-ring (bicyclic) bond motifs is 1. The lowest BCUT2D eigenvalue weighted by Gasteiger charge is -2.03. The van der Waals surface area contributed by atoms with Crippen LogP contribution in [0.4, 0.5) is 0 Å². The third kappa shape index (κ3) is 2.02. The molecule has 18 heavy (non-hydrogen) atoms. The van der Waals surface area contributed by atoms with Crippen molar-refractivity contribution in [1.82, 2.24) is 4.98 Å². The van der Waals surface area contributed by atoms with Gasteiger partial charge in [-0.2, -0.15) is 0 Å². The highest BCUT2D eigenvalue weighted by atomic mass is 35.5. The highest BCUT2D eigenvalue weighted by molar-refractivity contribution is 6.31. The van der Waals surface area contributed by atoms with E-state index in [9.17, 15) is 4.79 Å². The summed E-state index contributed by atoms with van der Waals surface area (Å²) in [5.41, 5.74) is 2.83. The molecule has 1 aromatic carbocycles. The van der Waals surface area contributed by atoms with Crippen LogP contribution < -0.4 is 0 Å². The summed E-state index contributed by atoms with van der Waals surface area (Å²) in [5, 5.41) is 10.7. The Kier molecular flexibility index (Phi) is 2.63. The van der Waals surface area contributed by atoms with Crippen LogP contribution in [-0.4, -0.2) is 16.1 Å². The highest BCUT2D eigenvalue weighted by Crippen LogP contribution is 2.43. The predicted octanol–water partition coefficient (Wildman–Crippen LogP) is 3.70. The molecule has 0 unspecified atom stereocenters. The first-order valence-electron chi connectivity index (χ1n) is 5.86. The largest absolute Gasteiger partial charge is 0.478 e. The van der Waals surface area contributed by atoms with Crippen LogP contribution in [0.3, 0.4) is 0 Å². The lowest BCUT2D eigenvalue weighted by atomic mass is 10.0. The summed E-state index contributed by atoms with van der Waals surface area (Å²) in [5.74, 6) is -0.504. The van der Waals surface area contributed by atoms with E-state index in [1.165, 1.54) is 6.08 Å². The van der Waals surface area contributed by atoms with E-state index >= 15 is 0 Å². The number of aromatic nitrogens is 1. The van der Waals surface area contributed by atoms with Crippen molar-refractivity contribution in [3.8, 4) is 0 Å². The molecule has 2 aromatic rings. The molecule has 0 amide bonds. The minimum atomic E-state index is -0.889. The molecule has 0 bridgehead atoms. The van der Waals surface area contributed by atoms with E-state index in [1.807, 2.05) is 24.4 Å². The van der Waals surface area contributed by atoms with Gasteiger partial charge in [-0.15, -0.1) is 0 Å². The molecule has 1 aliphatic carbocycles. The molecule has 0 atom stereocenters. The van der Waals surface area contributed by atoms with E-state index in [4.69, 9.17) is 16.7 Å². The topological polar surface area (TPSA) is 53.1 Å². The minimum Gasteiger partial charge on any atom is -0.478 e. The fraction of sp³-hybridized carbons (Fsp3) is 0.214. The Morgan fingerprint density at radius 2 is 2.22 bits per heavy atom. The summed E-state index contributed by atoms with van der Waals surface area (Å²) in [7, 11) is 0. The molecule has 2 N–H and O–H groups in total. The van der Waals surface area contributed by atoms with Crippen LogP contribution in [0, 0.1) is 5.92 Å². The van der Waals surface area contributed by atoms with E-state index in [-0.39, 0.29) is 0 Å². The van der Waals surface area contributed by atoms with Gasteiger partial charge in [0, 0.05) is 33.8 Å². The quantitative estimate of drug-likeness (QED) is 0.828. The summed E-state index contributed by atoms with van der Waals surface area (Å²) in [6.07, 6.45) is 5.34. The first-order valence-corrected chi connectivity index (χ1v) is 6.24. The number of hydrogen-bond acceptors (Lipinski definition) is 1. The Bertz CT molecular complexity index is 653. The summed E-state index contributed by atoms with van der Waals surface area (Å²) >= 11 is 5.94. The molecule has 0 aliphatic heterocycles. The number of aromatic amines is 1. The molecule has 0 spiro atoms. The molecule has 3 rings (SSSR count). The summed E-state index contributed by atoms with van der Waals surface area (Å²) < 4.78 is 0. The second kappa shape index (κ2) is 4.18.